The minimum absolute atomic E-state index is 0.0390. The number of methoxy groups -OCH3 is 1. The number of rotatable bonds is 7. The van der Waals surface area contributed by atoms with Crippen LogP contribution in [0.25, 0.3) is 0 Å². The van der Waals surface area contributed by atoms with E-state index in [4.69, 9.17) is 9.47 Å². The average Bonchev–Trinajstić information content (AvgIpc) is 0.821. The fourth-order valence-electron chi connectivity index (χ4n) is 15.7. The molecule has 0 spiro atoms. The Morgan fingerprint density at radius 3 is 0.923 bits per heavy atom. The van der Waals surface area contributed by atoms with Gasteiger partial charge in [0, 0.05) is 108 Å². The van der Waals surface area contributed by atoms with Crippen LogP contribution in [0.15, 0.2) is 121 Å². The van der Waals surface area contributed by atoms with Gasteiger partial charge in [0.15, 0.2) is 19.6 Å². The summed E-state index contributed by atoms with van der Waals surface area (Å²) in [5.74, 6) is -0.0445. The summed E-state index contributed by atoms with van der Waals surface area (Å²) >= 11 is 0. The quantitative estimate of drug-likeness (QED) is 0.146. The second-order valence-corrected chi connectivity index (χ2v) is 45.1. The van der Waals surface area contributed by atoms with Crippen LogP contribution in [0.1, 0.15) is 255 Å². The molecular weight excluding hydrogens is 1220 g/mol. The zero-order valence-electron chi connectivity index (χ0n) is 59.2. The molecule has 8 bridgehead atoms. The number of carbonyl (C=O) groups is 1. The first kappa shape index (κ1) is 72.6. The van der Waals surface area contributed by atoms with Crippen molar-refractivity contribution in [2.75, 3.05) is 13.4 Å². The van der Waals surface area contributed by atoms with Crippen LogP contribution in [0.4, 0.5) is 0 Å². The van der Waals surface area contributed by atoms with E-state index in [0.717, 1.165) is 65.2 Å². The fraction of sp³-hybridized carbons (Fsp3) is 0.671. The lowest BCUT2D eigenvalue weighted by atomic mass is 9.87. The lowest BCUT2D eigenvalue weighted by Crippen LogP contribution is -2.47. The first-order valence-corrected chi connectivity index (χ1v) is 42.4. The Morgan fingerprint density at radius 2 is 0.670 bits per heavy atom. The van der Waals surface area contributed by atoms with Crippen LogP contribution in [-0.4, -0.2) is 98.9 Å². The summed E-state index contributed by atoms with van der Waals surface area (Å²) < 4.78 is 38.6. The number of aliphatic hydroxyl groups is 1. The maximum atomic E-state index is 12.3. The number of sulfonamides is 1. The number of hydrogen-bond acceptors (Lipinski definition) is 6. The molecule has 91 heavy (non-hydrogen) atoms. The molecule has 0 amide bonds. The molecule has 8 unspecified atom stereocenters. The molecule has 8 saturated heterocycles. The van der Waals surface area contributed by atoms with Crippen molar-refractivity contribution < 1.29 is 27.8 Å². The molecule has 8 atom stereocenters. The number of benzene rings is 4. The highest BCUT2D eigenvalue weighted by atomic mass is 32.2. The first-order chi connectivity index (χ1) is 42.6. The Bertz CT molecular complexity index is 3090. The standard InChI is InChI=1S/C23H35O2S.C19H28NO2S2.C19H29OS.C18H27OS/c1-22(2,3)16-10-12-18(13-11-16)26-19-8-7-9-20(26)15-17(14-19)25-21(24)23(4,5)6;1-19(2,3)14-8-10-16(11-9-14)23-17-6-5-7-18(23)13-15(12-17)20-24(4,21)22;1-19(2,3)14-8-10-16(11-9-14)21-17-6-5-7-18(21)13-15(12-17)20-4;1-18(2,3)13-7-9-15(10-8-13)20-16-5-4-6-17(20)12-14(19)11-16/h10-13,17,19-20H,7-9,14-15H2,1-6H3;8-11,17-18H,5-7,12-13H2,1-4H3;8-11,15,17-18H,5-7,12-13H2,1-4H3;7-10,14,16-17,19H,4-6,11-12H2,1-3H3/q4*+1. The number of esters is 1. The Kier molecular flexibility index (Phi) is 23.9. The van der Waals surface area contributed by atoms with Crippen LogP contribution >= 0.6 is 0 Å². The summed E-state index contributed by atoms with van der Waals surface area (Å²) in [6, 6.07) is 37.5. The highest BCUT2D eigenvalue weighted by molar-refractivity contribution is 7.99. The lowest BCUT2D eigenvalue weighted by Gasteiger charge is -2.38. The van der Waals surface area contributed by atoms with E-state index in [9.17, 15) is 18.3 Å². The van der Waals surface area contributed by atoms with Gasteiger partial charge in [0.25, 0.3) is 0 Å². The third-order valence-corrected chi connectivity index (χ3v) is 33.6. The van der Waals surface area contributed by atoms with E-state index in [-0.39, 0.29) is 50.7 Å². The highest BCUT2D eigenvalue weighted by Crippen LogP contribution is 2.47. The van der Waals surface area contributed by atoms with Gasteiger partial charge in [0.1, 0.15) is 48.1 Å². The van der Waals surface area contributed by atoms with E-state index in [2.05, 4.69) is 185 Å². The molecule has 0 aliphatic carbocycles. The third-order valence-electron chi connectivity index (χ3n) is 20.7. The molecule has 1 N–H and O–H groups in total. The van der Waals surface area contributed by atoms with E-state index in [1.54, 1.807) is 9.79 Å². The summed E-state index contributed by atoms with van der Waals surface area (Å²) in [4.78, 5) is 18.4. The molecule has 8 heterocycles. The Labute approximate surface area is 565 Å². The van der Waals surface area contributed by atoms with Crippen molar-refractivity contribution in [3.63, 3.8) is 0 Å². The summed E-state index contributed by atoms with van der Waals surface area (Å²) in [5, 5.41) is 15.7. The SMILES string of the molecule is CC(C)(C)C(=O)OC1CC2CCCC(C1)[S+]2c1ccc(C(C)(C)C)cc1.CC(C)(C)c1ccc([S+]2C3CCCC2CC(=NS(C)(=O)=O)C3)cc1.CC(C)(C)c1ccc([S+]2C3CCCC2CC(O)C3)cc1.COC1CC2CCCC(C1)[S+]2c1ccc(C(C)(C)C)cc1. The van der Waals surface area contributed by atoms with E-state index < -0.39 is 15.4 Å². The van der Waals surface area contributed by atoms with Gasteiger partial charge in [0.05, 0.1) is 23.9 Å². The minimum Gasteiger partial charge on any atom is -0.462 e. The molecule has 4 aromatic carbocycles. The van der Waals surface area contributed by atoms with Gasteiger partial charge in [-0.3, -0.25) is 4.79 Å². The van der Waals surface area contributed by atoms with Crippen LogP contribution in [0.5, 0.6) is 0 Å². The first-order valence-electron chi connectivity index (χ1n) is 35.1. The second-order valence-electron chi connectivity index (χ2n) is 33.3. The molecular formula is C79H119NO6S5+4. The fourth-order valence-corrected chi connectivity index (χ4v) is 30.0. The van der Waals surface area contributed by atoms with Gasteiger partial charge < -0.3 is 14.6 Å². The summed E-state index contributed by atoms with van der Waals surface area (Å²) in [5.41, 5.74) is 7.03. The number of fused-ring (bicyclic) bond motifs is 8. The van der Waals surface area contributed by atoms with Crippen molar-refractivity contribution >= 4 is 65.3 Å². The molecule has 12 heteroatoms. The maximum Gasteiger partial charge on any atom is 0.311 e. The molecule has 7 nitrogen and oxygen atoms in total. The largest absolute Gasteiger partial charge is 0.462 e. The molecule has 8 aliphatic heterocycles. The van der Waals surface area contributed by atoms with Gasteiger partial charge in [-0.25, -0.2) is 8.42 Å². The van der Waals surface area contributed by atoms with Gasteiger partial charge in [-0.1, -0.05) is 132 Å². The third kappa shape index (κ3) is 19.1. The molecule has 502 valence electrons. The number of ether oxygens (including phenoxy) is 2. The Balaban J connectivity index is 0.000000144. The maximum absolute atomic E-state index is 12.3. The van der Waals surface area contributed by atoms with E-state index >= 15 is 0 Å². The topological polar surface area (TPSA) is 102 Å². The highest BCUT2D eigenvalue weighted by Gasteiger charge is 2.53. The summed E-state index contributed by atoms with van der Waals surface area (Å²) in [6.07, 6.45) is 26.0. The Morgan fingerprint density at radius 1 is 0.418 bits per heavy atom. The van der Waals surface area contributed by atoms with Gasteiger partial charge in [0.2, 0.25) is 10.0 Å². The van der Waals surface area contributed by atoms with Crippen LogP contribution in [0.2, 0.25) is 0 Å². The van der Waals surface area contributed by atoms with E-state index in [0.29, 0.717) is 59.8 Å². The predicted molar refractivity (Wildman–Crippen MR) is 394 cm³/mol. The van der Waals surface area contributed by atoms with Gasteiger partial charge in [-0.15, -0.1) is 0 Å². The van der Waals surface area contributed by atoms with Crippen LogP contribution < -0.4 is 0 Å². The van der Waals surface area contributed by atoms with Crippen molar-refractivity contribution in [2.24, 2.45) is 9.81 Å². The van der Waals surface area contributed by atoms with Gasteiger partial charge in [-0.2, -0.15) is 4.40 Å². The zero-order chi connectivity index (χ0) is 66.0. The molecule has 0 saturated carbocycles. The van der Waals surface area contributed by atoms with Crippen molar-refractivity contribution in [2.45, 2.75) is 334 Å². The summed E-state index contributed by atoms with van der Waals surface area (Å²) in [6.45, 7) is 33.1. The molecule has 0 aromatic heterocycles. The minimum atomic E-state index is -3.27. The van der Waals surface area contributed by atoms with E-state index in [1.807, 2.05) is 27.9 Å². The van der Waals surface area contributed by atoms with Gasteiger partial charge >= 0.3 is 5.97 Å². The summed E-state index contributed by atoms with van der Waals surface area (Å²) in [7, 11) is 0.0119. The average molecular weight is 1340 g/mol. The zero-order valence-corrected chi connectivity index (χ0v) is 63.3. The van der Waals surface area contributed by atoms with Crippen molar-refractivity contribution in [1.82, 2.24) is 0 Å². The monoisotopic (exact) mass is 1340 g/mol. The number of aliphatic hydroxyl groups excluding tert-OH is 1. The van der Waals surface area contributed by atoms with E-state index in [1.165, 1.54) is 128 Å². The van der Waals surface area contributed by atoms with Crippen LogP contribution in [-0.2, 0) is 89.5 Å². The van der Waals surface area contributed by atoms with Crippen molar-refractivity contribution in [1.29, 1.82) is 0 Å². The van der Waals surface area contributed by atoms with Crippen LogP contribution in [0.3, 0.4) is 0 Å². The molecule has 0 radical (unpaired) electrons. The lowest BCUT2D eigenvalue weighted by molar-refractivity contribution is -0.159. The number of nitrogens with zero attached hydrogens (tertiary/aromatic N) is 1. The normalized spacial score (nSPS) is 30.8. The molecule has 12 rings (SSSR count). The van der Waals surface area contributed by atoms with Gasteiger partial charge in [-0.05, 0) is 190 Å². The molecule has 4 aromatic rings. The van der Waals surface area contributed by atoms with Crippen molar-refractivity contribution in [3.8, 4) is 0 Å². The number of carbonyl (C=O) groups excluding carboxylic acids is 1. The van der Waals surface area contributed by atoms with Crippen LogP contribution in [0, 0.1) is 5.41 Å². The predicted octanol–water partition coefficient (Wildman–Crippen LogP) is 18.4. The molecule has 8 aliphatic rings. The Hall–Kier alpha value is -2.71. The second kappa shape index (κ2) is 30.0. The smallest absolute Gasteiger partial charge is 0.311 e. The number of hydrogen-bond donors (Lipinski definition) is 1. The van der Waals surface area contributed by atoms with Crippen molar-refractivity contribution in [3.05, 3.63) is 119 Å². The molecule has 8 fully saturated rings.